The number of aliphatic carboxylic acids is 1. The van der Waals surface area contributed by atoms with Crippen LogP contribution in [0.2, 0.25) is 0 Å². The summed E-state index contributed by atoms with van der Waals surface area (Å²) < 4.78 is 1.02. The fourth-order valence-corrected chi connectivity index (χ4v) is 5.54. The van der Waals surface area contributed by atoms with Crippen LogP contribution in [-0.2, 0) is 25.2 Å². The van der Waals surface area contributed by atoms with E-state index in [1.165, 1.54) is 36.1 Å². The monoisotopic (exact) mass is 730 g/mol. The molecule has 0 spiro atoms. The first-order valence-electron chi connectivity index (χ1n) is 13.7. The van der Waals surface area contributed by atoms with Crippen molar-refractivity contribution in [3.8, 4) is 0 Å². The fraction of sp³-hybridized carbons (Fsp3) is 0.419. The Hall–Kier alpha value is -2.39. The van der Waals surface area contributed by atoms with Crippen LogP contribution in [0, 0.1) is 7.43 Å². The summed E-state index contributed by atoms with van der Waals surface area (Å²) in [7, 11) is 0. The number of carboxylic acid groups (broad SMARTS) is 1. The van der Waals surface area contributed by atoms with Crippen LogP contribution >= 0.6 is 15.9 Å². The number of pyridine rings is 3. The third-order valence-corrected chi connectivity index (χ3v) is 7.54. The van der Waals surface area contributed by atoms with E-state index in [1.54, 1.807) is 12.4 Å². The van der Waals surface area contributed by atoms with Crippen molar-refractivity contribution in [1.82, 2.24) is 31.3 Å². The van der Waals surface area contributed by atoms with Crippen LogP contribution in [0.4, 0.5) is 0 Å². The minimum Gasteiger partial charge on any atom is -0.481 e. The number of carboxylic acids is 1. The van der Waals surface area contributed by atoms with Gasteiger partial charge in [0.1, 0.15) is 0 Å². The van der Waals surface area contributed by atoms with E-state index in [1.807, 2.05) is 36.9 Å². The Labute approximate surface area is 272 Å². The minimum atomic E-state index is -0.725. The summed E-state index contributed by atoms with van der Waals surface area (Å²) in [4.78, 5) is 29.5. The third-order valence-electron chi connectivity index (χ3n) is 7.11. The summed E-state index contributed by atoms with van der Waals surface area (Å²) in [5.74, 6) is -0.725. The molecule has 3 aromatic rings. The number of hydrogen-bond donors (Lipinski definition) is 3. The van der Waals surface area contributed by atoms with Crippen LogP contribution in [0.15, 0.2) is 77.0 Å². The van der Waals surface area contributed by atoms with E-state index in [9.17, 15) is 4.79 Å². The minimum absolute atomic E-state index is 0. The SMILES string of the molecule is Brc1cncc(C2=NCCC2)c1.N.O=C(O)CCN1CCCC1c1cccnc1.[CH3-].[Pd].c1cncc(C2CCCN2)c1. The first-order valence-corrected chi connectivity index (χ1v) is 14.5. The van der Waals surface area contributed by atoms with Crippen molar-refractivity contribution in [2.75, 3.05) is 26.2 Å². The number of rotatable bonds is 6. The van der Waals surface area contributed by atoms with Gasteiger partial charge in [0.15, 0.2) is 0 Å². The molecule has 3 aromatic heterocycles. The first-order chi connectivity index (χ1) is 19.1. The summed E-state index contributed by atoms with van der Waals surface area (Å²) in [6.07, 6.45) is 18.4. The fourth-order valence-electron chi connectivity index (χ4n) is 5.18. The maximum atomic E-state index is 10.6. The molecule has 42 heavy (non-hydrogen) atoms. The molecule has 0 aromatic carbocycles. The van der Waals surface area contributed by atoms with Gasteiger partial charge in [-0.2, -0.15) is 0 Å². The second-order valence-corrected chi connectivity index (χ2v) is 10.8. The van der Waals surface area contributed by atoms with Crippen molar-refractivity contribution in [3.05, 3.63) is 96.1 Å². The number of aliphatic imine (C=N–C) groups is 1. The molecular weight excluding hydrogens is 689 g/mol. The van der Waals surface area contributed by atoms with Crippen LogP contribution in [0.3, 0.4) is 0 Å². The Morgan fingerprint density at radius 3 is 2.31 bits per heavy atom. The van der Waals surface area contributed by atoms with Crippen molar-refractivity contribution in [3.63, 3.8) is 0 Å². The zero-order chi connectivity index (χ0) is 27.3. The van der Waals surface area contributed by atoms with E-state index in [-0.39, 0.29) is 40.4 Å². The van der Waals surface area contributed by atoms with Gasteiger partial charge >= 0.3 is 5.97 Å². The maximum absolute atomic E-state index is 10.6. The van der Waals surface area contributed by atoms with Crippen molar-refractivity contribution in [2.45, 2.75) is 57.0 Å². The quantitative estimate of drug-likeness (QED) is 0.200. The smallest absolute Gasteiger partial charge is 0.304 e. The van der Waals surface area contributed by atoms with Gasteiger partial charge in [-0.3, -0.25) is 29.6 Å². The van der Waals surface area contributed by atoms with Gasteiger partial charge in [0, 0.05) is 98.5 Å². The summed E-state index contributed by atoms with van der Waals surface area (Å²) in [6.45, 7) is 3.75. The van der Waals surface area contributed by atoms with Gasteiger partial charge in [-0.1, -0.05) is 12.1 Å². The van der Waals surface area contributed by atoms with E-state index < -0.39 is 5.97 Å². The number of hydrogen-bond acceptors (Lipinski definition) is 8. The molecule has 2 unspecified atom stereocenters. The zero-order valence-electron chi connectivity index (χ0n) is 24.3. The van der Waals surface area contributed by atoms with E-state index in [2.05, 4.69) is 64.3 Å². The molecular formula is C31H43BrN7O2Pd-. The van der Waals surface area contributed by atoms with E-state index >= 15 is 0 Å². The number of carbonyl (C=O) groups is 1. The number of nitrogens with zero attached hydrogens (tertiary/aromatic N) is 5. The average molecular weight is 732 g/mol. The molecule has 0 bridgehead atoms. The molecule has 3 aliphatic heterocycles. The van der Waals surface area contributed by atoms with Gasteiger partial charge in [-0.05, 0) is 96.9 Å². The summed E-state index contributed by atoms with van der Waals surface area (Å²) in [6, 6.07) is 11.1. The normalized spacial score (nSPS) is 18.9. The second-order valence-electron chi connectivity index (χ2n) is 9.88. The number of likely N-dealkylation sites (tertiary alicyclic amines) is 1. The van der Waals surface area contributed by atoms with Crippen LogP contribution < -0.4 is 11.5 Å². The van der Waals surface area contributed by atoms with Gasteiger partial charge < -0.3 is 24.0 Å². The van der Waals surface area contributed by atoms with E-state index in [0.29, 0.717) is 18.6 Å². The van der Waals surface area contributed by atoms with Gasteiger partial charge in [-0.25, -0.2) is 0 Å². The Balaban J connectivity index is 0.000000310. The molecule has 0 radical (unpaired) electrons. The molecule has 9 nitrogen and oxygen atoms in total. The molecule has 232 valence electrons. The molecule has 0 saturated carbocycles. The number of aromatic nitrogens is 3. The van der Waals surface area contributed by atoms with Crippen LogP contribution in [0.1, 0.15) is 73.7 Å². The van der Waals surface area contributed by atoms with Gasteiger partial charge in [0.2, 0.25) is 0 Å². The predicted molar refractivity (Wildman–Crippen MR) is 168 cm³/mol. The van der Waals surface area contributed by atoms with Crippen molar-refractivity contribution >= 4 is 27.6 Å². The largest absolute Gasteiger partial charge is 0.481 e. The third kappa shape index (κ3) is 12.1. The molecule has 0 amide bonds. The Morgan fingerprint density at radius 2 is 1.74 bits per heavy atom. The average Bonchev–Trinajstić information content (AvgIpc) is 3.77. The molecule has 11 heteroatoms. The van der Waals surface area contributed by atoms with Crippen LogP contribution in [-0.4, -0.2) is 62.8 Å². The molecule has 3 aliphatic rings. The van der Waals surface area contributed by atoms with Crippen molar-refractivity contribution in [1.29, 1.82) is 0 Å². The maximum Gasteiger partial charge on any atom is 0.304 e. The predicted octanol–water partition coefficient (Wildman–Crippen LogP) is 6.24. The van der Waals surface area contributed by atoms with Crippen LogP contribution in [0.5, 0.6) is 0 Å². The summed E-state index contributed by atoms with van der Waals surface area (Å²) >= 11 is 3.39. The zero-order valence-corrected chi connectivity index (χ0v) is 27.4. The number of halogens is 1. The summed E-state index contributed by atoms with van der Waals surface area (Å²) in [5, 5.41) is 12.1. The van der Waals surface area contributed by atoms with Crippen molar-refractivity contribution in [2.24, 2.45) is 4.99 Å². The van der Waals surface area contributed by atoms with Gasteiger partial charge in [-0.15, -0.1) is 0 Å². The first kappa shape index (κ1) is 37.6. The Morgan fingerprint density at radius 1 is 1.00 bits per heavy atom. The molecule has 0 aliphatic carbocycles. The molecule has 6 rings (SSSR count). The molecule has 2 atom stereocenters. The topological polar surface area (TPSA) is 139 Å². The Bertz CT molecular complexity index is 1200. The standard InChI is InChI=1S/C12H16N2O2.C9H9BrN2.C9H12N2.CH3.H3N.Pd/c15-12(16)5-8-14-7-2-4-11(14)10-3-1-6-13-9-10;10-8-4-7(5-11-6-8)9-2-1-3-12-9;1-3-8(7-10-5-1)9-4-2-6-11-9;;;/h1,3,6,9,11H,2,4-5,7-8H2,(H,15,16);4-6H,1-3H2;1,3,5,7,9,11H,2,4,6H2;2*1H3;/q;;;-1;;. The molecule has 6 heterocycles. The van der Waals surface area contributed by atoms with Crippen LogP contribution in [0.25, 0.3) is 0 Å². The van der Waals surface area contributed by atoms with E-state index in [4.69, 9.17) is 5.11 Å². The number of nitrogens with one attached hydrogen (secondary N) is 1. The molecule has 2 fully saturated rings. The molecule has 2 saturated heterocycles. The van der Waals surface area contributed by atoms with E-state index in [0.717, 1.165) is 48.9 Å². The second kappa shape index (κ2) is 20.5. The van der Waals surface area contributed by atoms with Crippen molar-refractivity contribution < 1.29 is 30.3 Å². The Kier molecular flexibility index (Phi) is 18.4. The van der Waals surface area contributed by atoms with Gasteiger partial charge in [0.25, 0.3) is 0 Å². The van der Waals surface area contributed by atoms with Gasteiger partial charge in [0.05, 0.1) is 6.42 Å². The molecule has 5 N–H and O–H groups in total. The summed E-state index contributed by atoms with van der Waals surface area (Å²) in [5.41, 5.74) is 4.88.